The van der Waals surface area contributed by atoms with Gasteiger partial charge in [-0.15, -0.1) is 11.3 Å². The Hall–Kier alpha value is -1.93. The number of nitrogens with one attached hydrogen (secondary N) is 2. The quantitative estimate of drug-likeness (QED) is 0.880. The van der Waals surface area contributed by atoms with Crippen molar-refractivity contribution >= 4 is 23.1 Å². The van der Waals surface area contributed by atoms with Crippen molar-refractivity contribution in [2.75, 3.05) is 11.9 Å². The molecule has 3 heterocycles. The molecule has 1 saturated heterocycles. The molecule has 2 N–H and O–H groups in total. The molecule has 0 aromatic carbocycles. The molecule has 2 aromatic heterocycles. The smallest absolute Gasteiger partial charge is 0.320 e. The van der Waals surface area contributed by atoms with Crippen LogP contribution in [0.3, 0.4) is 0 Å². The standard InChI is InChI=1S/C15H21N5O2S/c1-15(2,13-16-5-7-23-13)19-14(21)18-11-8-17-20(9-11)10-12-4-3-6-22-12/h5,7-9,12H,3-4,6,10H2,1-2H3,(H2,18,19,21)/t12-/m0/s1. The lowest BCUT2D eigenvalue weighted by atomic mass is 10.1. The lowest BCUT2D eigenvalue weighted by molar-refractivity contribution is 0.0940. The molecule has 0 unspecified atom stereocenters. The number of thiazole rings is 1. The van der Waals surface area contributed by atoms with Crippen molar-refractivity contribution in [1.82, 2.24) is 20.1 Å². The average Bonchev–Trinajstić information content (AvgIpc) is 3.20. The summed E-state index contributed by atoms with van der Waals surface area (Å²) in [5, 5.41) is 12.8. The normalized spacial score (nSPS) is 18.1. The van der Waals surface area contributed by atoms with E-state index in [1.54, 1.807) is 17.1 Å². The van der Waals surface area contributed by atoms with E-state index < -0.39 is 5.54 Å². The van der Waals surface area contributed by atoms with Crippen LogP contribution in [0.1, 0.15) is 31.7 Å². The van der Waals surface area contributed by atoms with E-state index in [1.807, 2.05) is 25.4 Å². The number of hydrogen-bond acceptors (Lipinski definition) is 5. The Morgan fingerprint density at radius 2 is 2.43 bits per heavy atom. The van der Waals surface area contributed by atoms with Crippen molar-refractivity contribution < 1.29 is 9.53 Å². The molecular formula is C15H21N5O2S. The Morgan fingerprint density at radius 3 is 3.13 bits per heavy atom. The number of rotatable bonds is 5. The maximum atomic E-state index is 12.2. The molecule has 3 rings (SSSR count). The SMILES string of the molecule is CC(C)(NC(=O)Nc1cnn(C[C@@H]2CCCO2)c1)c1nccs1. The molecule has 1 fully saturated rings. The Morgan fingerprint density at radius 1 is 1.57 bits per heavy atom. The number of carbonyl (C=O) groups is 1. The summed E-state index contributed by atoms with van der Waals surface area (Å²) in [6.45, 7) is 5.39. The van der Waals surface area contributed by atoms with E-state index >= 15 is 0 Å². The van der Waals surface area contributed by atoms with E-state index in [0.717, 1.165) is 24.5 Å². The molecule has 1 aliphatic heterocycles. The number of urea groups is 1. The minimum Gasteiger partial charge on any atom is -0.376 e. The first-order chi connectivity index (χ1) is 11.0. The van der Waals surface area contributed by atoms with Crippen LogP contribution in [-0.4, -0.2) is 33.5 Å². The largest absolute Gasteiger partial charge is 0.376 e. The zero-order valence-electron chi connectivity index (χ0n) is 13.3. The number of carbonyl (C=O) groups excluding carboxylic acids is 1. The van der Waals surface area contributed by atoms with Crippen molar-refractivity contribution in [3.05, 3.63) is 29.0 Å². The van der Waals surface area contributed by atoms with Crippen LogP contribution in [0.4, 0.5) is 10.5 Å². The first-order valence-electron chi connectivity index (χ1n) is 7.66. The van der Waals surface area contributed by atoms with E-state index in [9.17, 15) is 4.79 Å². The number of ether oxygens (including phenoxy) is 1. The fourth-order valence-electron chi connectivity index (χ4n) is 2.56. The predicted octanol–water partition coefficient (Wildman–Crippen LogP) is 2.58. The molecule has 8 heteroatoms. The second-order valence-corrected chi connectivity index (χ2v) is 7.02. The van der Waals surface area contributed by atoms with Crippen LogP contribution in [0.25, 0.3) is 0 Å². The van der Waals surface area contributed by atoms with E-state index in [2.05, 4.69) is 20.7 Å². The van der Waals surface area contributed by atoms with E-state index in [4.69, 9.17) is 4.74 Å². The molecule has 2 aromatic rings. The van der Waals surface area contributed by atoms with Crippen LogP contribution >= 0.6 is 11.3 Å². The first-order valence-corrected chi connectivity index (χ1v) is 8.54. The van der Waals surface area contributed by atoms with Gasteiger partial charge in [0.25, 0.3) is 0 Å². The average molecular weight is 335 g/mol. The van der Waals surface area contributed by atoms with Crippen LogP contribution in [-0.2, 0) is 16.8 Å². The summed E-state index contributed by atoms with van der Waals surface area (Å²) in [5.41, 5.74) is 0.141. The van der Waals surface area contributed by atoms with Crippen LogP contribution in [0, 0.1) is 0 Å². The summed E-state index contributed by atoms with van der Waals surface area (Å²) in [4.78, 5) is 16.4. The van der Waals surface area contributed by atoms with Gasteiger partial charge in [0.1, 0.15) is 5.01 Å². The van der Waals surface area contributed by atoms with Gasteiger partial charge in [-0.05, 0) is 26.7 Å². The van der Waals surface area contributed by atoms with Crippen molar-refractivity contribution in [3.63, 3.8) is 0 Å². The summed E-state index contributed by atoms with van der Waals surface area (Å²) in [7, 11) is 0. The molecule has 1 atom stereocenters. The van der Waals surface area contributed by atoms with Gasteiger partial charge in [-0.25, -0.2) is 9.78 Å². The predicted molar refractivity (Wildman–Crippen MR) is 88.5 cm³/mol. The van der Waals surface area contributed by atoms with Gasteiger partial charge >= 0.3 is 6.03 Å². The van der Waals surface area contributed by atoms with Gasteiger partial charge in [0.05, 0.1) is 30.1 Å². The molecule has 1 aliphatic rings. The van der Waals surface area contributed by atoms with E-state index in [1.165, 1.54) is 11.3 Å². The third-order valence-electron chi connectivity index (χ3n) is 3.70. The molecular weight excluding hydrogens is 314 g/mol. The molecule has 0 aliphatic carbocycles. The highest BCUT2D eigenvalue weighted by Gasteiger charge is 2.25. The first kappa shape index (κ1) is 15.9. The second kappa shape index (κ2) is 6.67. The number of anilines is 1. The Kier molecular flexibility index (Phi) is 4.63. The van der Waals surface area contributed by atoms with Crippen LogP contribution < -0.4 is 10.6 Å². The zero-order chi connectivity index (χ0) is 16.3. The van der Waals surface area contributed by atoms with Gasteiger partial charge in [-0.2, -0.15) is 5.10 Å². The summed E-state index contributed by atoms with van der Waals surface area (Å²) in [6, 6.07) is -0.276. The van der Waals surface area contributed by atoms with Crippen LogP contribution in [0.15, 0.2) is 24.0 Å². The van der Waals surface area contributed by atoms with E-state index in [0.29, 0.717) is 12.2 Å². The Bertz CT molecular complexity index is 647. The van der Waals surface area contributed by atoms with Crippen molar-refractivity contribution in [2.45, 2.75) is 44.9 Å². The minimum absolute atomic E-state index is 0.223. The zero-order valence-corrected chi connectivity index (χ0v) is 14.1. The fraction of sp³-hybridized carbons (Fsp3) is 0.533. The Balaban J connectivity index is 1.54. The molecule has 0 radical (unpaired) electrons. The van der Waals surface area contributed by atoms with Crippen molar-refractivity contribution in [1.29, 1.82) is 0 Å². The highest BCUT2D eigenvalue weighted by atomic mass is 32.1. The van der Waals surface area contributed by atoms with Gasteiger partial charge in [-0.3, -0.25) is 4.68 Å². The third-order valence-corrected chi connectivity index (χ3v) is 4.80. The topological polar surface area (TPSA) is 81.1 Å². The fourth-order valence-corrected chi connectivity index (χ4v) is 3.27. The maximum absolute atomic E-state index is 12.2. The van der Waals surface area contributed by atoms with Crippen LogP contribution in [0.2, 0.25) is 0 Å². The number of amides is 2. The monoisotopic (exact) mass is 335 g/mol. The van der Waals surface area contributed by atoms with Gasteiger partial charge in [-0.1, -0.05) is 0 Å². The second-order valence-electron chi connectivity index (χ2n) is 6.13. The Labute approximate surface area is 139 Å². The third kappa shape index (κ3) is 4.08. The summed E-state index contributed by atoms with van der Waals surface area (Å²) in [5.74, 6) is 0. The number of nitrogens with zero attached hydrogens (tertiary/aromatic N) is 3. The molecule has 124 valence electrons. The maximum Gasteiger partial charge on any atom is 0.320 e. The summed E-state index contributed by atoms with van der Waals surface area (Å²) < 4.78 is 7.39. The molecule has 7 nitrogen and oxygen atoms in total. The molecule has 0 spiro atoms. The summed E-state index contributed by atoms with van der Waals surface area (Å²) in [6.07, 6.45) is 7.58. The minimum atomic E-state index is -0.522. The molecule has 0 saturated carbocycles. The number of hydrogen-bond donors (Lipinski definition) is 2. The van der Waals surface area contributed by atoms with Crippen molar-refractivity contribution in [3.8, 4) is 0 Å². The van der Waals surface area contributed by atoms with Gasteiger partial charge in [0.15, 0.2) is 0 Å². The highest BCUT2D eigenvalue weighted by molar-refractivity contribution is 7.09. The van der Waals surface area contributed by atoms with Crippen molar-refractivity contribution in [2.24, 2.45) is 0 Å². The molecule has 0 bridgehead atoms. The molecule has 2 amide bonds. The summed E-state index contributed by atoms with van der Waals surface area (Å²) >= 11 is 1.52. The molecule has 23 heavy (non-hydrogen) atoms. The lowest BCUT2D eigenvalue weighted by Crippen LogP contribution is -2.43. The number of aromatic nitrogens is 3. The van der Waals surface area contributed by atoms with Gasteiger partial charge in [0.2, 0.25) is 0 Å². The lowest BCUT2D eigenvalue weighted by Gasteiger charge is -2.23. The van der Waals surface area contributed by atoms with Gasteiger partial charge in [0, 0.05) is 24.4 Å². The highest BCUT2D eigenvalue weighted by Crippen LogP contribution is 2.22. The van der Waals surface area contributed by atoms with E-state index in [-0.39, 0.29) is 12.1 Å². The van der Waals surface area contributed by atoms with Gasteiger partial charge < -0.3 is 15.4 Å². The van der Waals surface area contributed by atoms with Crippen LogP contribution in [0.5, 0.6) is 0 Å².